The summed E-state index contributed by atoms with van der Waals surface area (Å²) in [5.74, 6) is 0.880. The van der Waals surface area contributed by atoms with Crippen molar-refractivity contribution in [2.45, 2.75) is 6.18 Å². The lowest BCUT2D eigenvalue weighted by atomic mass is 10.1. The summed E-state index contributed by atoms with van der Waals surface area (Å²) in [6.45, 7) is 7.03. The predicted molar refractivity (Wildman–Crippen MR) is 84.6 cm³/mol. The summed E-state index contributed by atoms with van der Waals surface area (Å²) in [7, 11) is 1.66. The largest absolute Gasteiger partial charge is 0.497 e. The summed E-state index contributed by atoms with van der Waals surface area (Å²) in [5, 5.41) is 0. The number of ether oxygens (including phenoxy) is 1. The van der Waals surface area contributed by atoms with Crippen molar-refractivity contribution in [3.63, 3.8) is 0 Å². The van der Waals surface area contributed by atoms with Crippen molar-refractivity contribution >= 4 is 12.2 Å². The first-order valence-corrected chi connectivity index (χ1v) is 6.47. The van der Waals surface area contributed by atoms with Gasteiger partial charge in [-0.05, 0) is 35.4 Å². The van der Waals surface area contributed by atoms with E-state index in [1.54, 1.807) is 19.3 Å². The molecule has 0 aliphatic heterocycles. The van der Waals surface area contributed by atoms with E-state index in [9.17, 15) is 13.2 Å². The Morgan fingerprint density at radius 1 is 0.909 bits per heavy atom. The zero-order chi connectivity index (χ0) is 16.6. The van der Waals surface area contributed by atoms with E-state index in [0.29, 0.717) is 5.56 Å². The molecule has 0 saturated carbocycles. The summed E-state index contributed by atoms with van der Waals surface area (Å²) in [4.78, 5) is 0. The van der Waals surface area contributed by atoms with E-state index in [1.807, 2.05) is 24.3 Å². The number of rotatable bonds is 3. The molecule has 0 heterocycles. The molecular formula is C18H17F3O. The molecule has 0 bridgehead atoms. The minimum Gasteiger partial charge on any atom is -0.497 e. The maximum atomic E-state index is 12.1. The lowest BCUT2D eigenvalue weighted by molar-refractivity contribution is -0.137. The summed E-state index contributed by atoms with van der Waals surface area (Å²) >= 11 is 0. The first-order chi connectivity index (χ1) is 10.4. The Morgan fingerprint density at radius 3 is 1.95 bits per heavy atom. The second kappa shape index (κ2) is 8.08. The van der Waals surface area contributed by atoms with Crippen LogP contribution in [0.25, 0.3) is 12.2 Å². The van der Waals surface area contributed by atoms with Crippen LogP contribution in [-0.4, -0.2) is 7.11 Å². The van der Waals surface area contributed by atoms with Gasteiger partial charge in [0.1, 0.15) is 5.75 Å². The van der Waals surface area contributed by atoms with Gasteiger partial charge in [-0.3, -0.25) is 0 Å². The fourth-order valence-corrected chi connectivity index (χ4v) is 1.58. The van der Waals surface area contributed by atoms with Crippen LogP contribution in [0.1, 0.15) is 16.7 Å². The van der Waals surface area contributed by atoms with Gasteiger partial charge in [-0.25, -0.2) is 0 Å². The van der Waals surface area contributed by atoms with Gasteiger partial charge < -0.3 is 4.74 Å². The van der Waals surface area contributed by atoms with Crippen molar-refractivity contribution in [3.8, 4) is 5.75 Å². The minimum atomic E-state index is -4.26. The maximum absolute atomic E-state index is 12.1. The zero-order valence-electron chi connectivity index (χ0n) is 12.2. The van der Waals surface area contributed by atoms with Gasteiger partial charge in [0.2, 0.25) is 0 Å². The number of benzene rings is 2. The van der Waals surface area contributed by atoms with Gasteiger partial charge in [-0.1, -0.05) is 49.6 Å². The normalized spacial score (nSPS) is 10.2. The maximum Gasteiger partial charge on any atom is 0.416 e. The summed E-state index contributed by atoms with van der Waals surface area (Å²) < 4.78 is 41.2. The third kappa shape index (κ3) is 5.48. The highest BCUT2D eigenvalue weighted by Gasteiger charge is 2.29. The molecule has 0 radical (unpaired) electrons. The first-order valence-electron chi connectivity index (χ1n) is 6.47. The smallest absolute Gasteiger partial charge is 0.416 e. The molecule has 0 aromatic heterocycles. The van der Waals surface area contributed by atoms with E-state index < -0.39 is 11.7 Å². The Bertz CT molecular complexity index is 613. The molecule has 0 fully saturated rings. The van der Waals surface area contributed by atoms with Crippen LogP contribution in [0.5, 0.6) is 5.75 Å². The highest BCUT2D eigenvalue weighted by atomic mass is 19.4. The van der Waals surface area contributed by atoms with Gasteiger partial charge in [0.15, 0.2) is 0 Å². The minimum absolute atomic E-state index is 0.477. The van der Waals surface area contributed by atoms with Gasteiger partial charge in [0.25, 0.3) is 0 Å². The molecule has 4 heteroatoms. The van der Waals surface area contributed by atoms with Crippen molar-refractivity contribution < 1.29 is 17.9 Å². The standard InChI is InChI=1S/C9H7F3.C9H10O/c1-2-7-4-3-5-8(6-7)9(10,11)12;1-3-8-4-6-9(10-2)7-5-8/h2-6H,1H2;3-7H,1H2,2H3. The fraction of sp³-hybridized carbons (Fsp3) is 0.111. The number of methoxy groups -OCH3 is 1. The van der Waals surface area contributed by atoms with Crippen LogP contribution in [0.4, 0.5) is 13.2 Å². The molecule has 0 aliphatic rings. The van der Waals surface area contributed by atoms with Crippen LogP contribution >= 0.6 is 0 Å². The highest BCUT2D eigenvalue weighted by Crippen LogP contribution is 2.29. The molecule has 0 amide bonds. The third-order valence-electron chi connectivity index (χ3n) is 2.80. The molecule has 2 rings (SSSR count). The van der Waals surface area contributed by atoms with Gasteiger partial charge >= 0.3 is 6.18 Å². The Labute approximate surface area is 128 Å². The lowest BCUT2D eigenvalue weighted by Gasteiger charge is -2.06. The van der Waals surface area contributed by atoms with Crippen LogP contribution in [-0.2, 0) is 6.18 Å². The quantitative estimate of drug-likeness (QED) is 0.708. The number of hydrogen-bond acceptors (Lipinski definition) is 1. The second-order valence-electron chi connectivity index (χ2n) is 4.30. The van der Waals surface area contributed by atoms with E-state index in [0.717, 1.165) is 23.4 Å². The average Bonchev–Trinajstić information content (AvgIpc) is 2.55. The second-order valence-corrected chi connectivity index (χ2v) is 4.30. The monoisotopic (exact) mass is 306 g/mol. The highest BCUT2D eigenvalue weighted by molar-refractivity contribution is 5.48. The van der Waals surface area contributed by atoms with Gasteiger partial charge in [0, 0.05) is 0 Å². The molecule has 0 aliphatic carbocycles. The van der Waals surface area contributed by atoms with Crippen LogP contribution in [0, 0.1) is 0 Å². The van der Waals surface area contributed by atoms with Crippen molar-refractivity contribution in [2.24, 2.45) is 0 Å². The van der Waals surface area contributed by atoms with Crippen molar-refractivity contribution in [3.05, 3.63) is 78.4 Å². The Kier molecular flexibility index (Phi) is 6.45. The number of halogens is 3. The van der Waals surface area contributed by atoms with Crippen molar-refractivity contribution in [2.75, 3.05) is 7.11 Å². The fourth-order valence-electron chi connectivity index (χ4n) is 1.58. The first kappa shape index (κ1) is 17.6. The SMILES string of the molecule is C=Cc1ccc(OC)cc1.C=Cc1cccc(C(F)(F)F)c1. The van der Waals surface area contributed by atoms with Crippen LogP contribution in [0.3, 0.4) is 0 Å². The molecule has 1 nitrogen and oxygen atoms in total. The predicted octanol–water partition coefficient (Wildman–Crippen LogP) is 5.69. The molecule has 0 unspecified atom stereocenters. The Morgan fingerprint density at radius 2 is 1.50 bits per heavy atom. The van der Waals surface area contributed by atoms with E-state index in [1.165, 1.54) is 12.1 Å². The Balaban J connectivity index is 0.000000224. The molecule has 0 atom stereocenters. The summed E-state index contributed by atoms with van der Waals surface area (Å²) in [6, 6.07) is 12.8. The topological polar surface area (TPSA) is 9.23 Å². The molecule has 22 heavy (non-hydrogen) atoms. The van der Waals surface area contributed by atoms with E-state index >= 15 is 0 Å². The van der Waals surface area contributed by atoms with Gasteiger partial charge in [0.05, 0.1) is 12.7 Å². The molecule has 116 valence electrons. The van der Waals surface area contributed by atoms with Crippen molar-refractivity contribution in [1.82, 2.24) is 0 Å². The molecule has 0 N–H and O–H groups in total. The average molecular weight is 306 g/mol. The lowest BCUT2D eigenvalue weighted by Crippen LogP contribution is -2.04. The summed E-state index contributed by atoms with van der Waals surface area (Å²) in [5.41, 5.74) is 0.950. The number of alkyl halides is 3. The Hall–Kier alpha value is -2.49. The van der Waals surface area contributed by atoms with Crippen LogP contribution in [0.2, 0.25) is 0 Å². The molecule has 2 aromatic rings. The zero-order valence-corrected chi connectivity index (χ0v) is 12.2. The van der Waals surface area contributed by atoms with Gasteiger partial charge in [-0.2, -0.15) is 13.2 Å². The molecule has 2 aromatic carbocycles. The third-order valence-corrected chi connectivity index (χ3v) is 2.80. The number of hydrogen-bond donors (Lipinski definition) is 0. The van der Waals surface area contributed by atoms with E-state index in [-0.39, 0.29) is 0 Å². The van der Waals surface area contributed by atoms with Crippen LogP contribution in [0.15, 0.2) is 61.7 Å². The van der Waals surface area contributed by atoms with Gasteiger partial charge in [-0.15, -0.1) is 0 Å². The van der Waals surface area contributed by atoms with E-state index in [4.69, 9.17) is 4.74 Å². The van der Waals surface area contributed by atoms with E-state index in [2.05, 4.69) is 13.2 Å². The summed E-state index contributed by atoms with van der Waals surface area (Å²) in [6.07, 6.45) is -1.08. The van der Waals surface area contributed by atoms with Crippen molar-refractivity contribution in [1.29, 1.82) is 0 Å². The van der Waals surface area contributed by atoms with Crippen LogP contribution < -0.4 is 4.74 Å². The molecular weight excluding hydrogens is 289 g/mol. The molecule has 0 spiro atoms. The molecule has 0 saturated heterocycles.